The van der Waals surface area contributed by atoms with Crippen LogP contribution in [0, 0.1) is 11.8 Å². The molecule has 1 aliphatic carbocycles. The summed E-state index contributed by atoms with van der Waals surface area (Å²) in [5.41, 5.74) is 1.53. The number of methoxy groups -OCH3 is 1. The van der Waals surface area contributed by atoms with Crippen molar-refractivity contribution < 1.29 is 14.6 Å². The van der Waals surface area contributed by atoms with E-state index in [9.17, 15) is 4.79 Å². The molecule has 21 heavy (non-hydrogen) atoms. The van der Waals surface area contributed by atoms with Crippen LogP contribution in [-0.4, -0.2) is 30.3 Å². The standard InChI is InChI=1S/C17H21NO3/c1-21-17(9-5-10-17)12-16(20)18-13-15-7-3-2-6-14(15)8-4-11-19/h2-3,6-7,19H,5,9-13H2,1H3,(H,18,20). The summed E-state index contributed by atoms with van der Waals surface area (Å²) >= 11 is 0. The molecule has 0 spiro atoms. The lowest BCUT2D eigenvalue weighted by molar-refractivity contribution is -0.134. The van der Waals surface area contributed by atoms with Gasteiger partial charge in [0.05, 0.1) is 12.0 Å². The molecule has 1 aromatic carbocycles. The van der Waals surface area contributed by atoms with Gasteiger partial charge in [-0.15, -0.1) is 0 Å². The van der Waals surface area contributed by atoms with Crippen molar-refractivity contribution in [2.75, 3.05) is 13.7 Å². The number of ether oxygens (including phenoxy) is 1. The highest BCUT2D eigenvalue weighted by Crippen LogP contribution is 2.37. The van der Waals surface area contributed by atoms with E-state index < -0.39 is 0 Å². The fraction of sp³-hybridized carbons (Fsp3) is 0.471. The summed E-state index contributed by atoms with van der Waals surface area (Å²) in [5.74, 6) is 5.52. The molecule has 0 atom stereocenters. The first-order chi connectivity index (χ1) is 10.2. The zero-order chi connectivity index (χ0) is 15.1. The zero-order valence-electron chi connectivity index (χ0n) is 12.3. The summed E-state index contributed by atoms with van der Waals surface area (Å²) in [4.78, 5) is 12.0. The number of hydrogen-bond acceptors (Lipinski definition) is 3. The van der Waals surface area contributed by atoms with Crippen molar-refractivity contribution in [2.45, 2.75) is 37.8 Å². The van der Waals surface area contributed by atoms with Gasteiger partial charge < -0.3 is 15.2 Å². The fourth-order valence-electron chi connectivity index (χ4n) is 2.50. The molecule has 0 unspecified atom stereocenters. The molecule has 4 heteroatoms. The molecule has 0 aliphatic heterocycles. The van der Waals surface area contributed by atoms with Crippen molar-refractivity contribution in [3.05, 3.63) is 35.4 Å². The molecule has 0 radical (unpaired) electrons. The first kappa shape index (κ1) is 15.6. The van der Waals surface area contributed by atoms with Crippen LogP contribution in [0.5, 0.6) is 0 Å². The highest BCUT2D eigenvalue weighted by molar-refractivity contribution is 5.77. The Bertz CT molecular complexity index is 547. The summed E-state index contributed by atoms with van der Waals surface area (Å²) in [5, 5.41) is 11.7. The molecule has 1 fully saturated rings. The molecular formula is C17H21NO3. The Morgan fingerprint density at radius 1 is 1.43 bits per heavy atom. The Balaban J connectivity index is 1.92. The Labute approximate surface area is 125 Å². The van der Waals surface area contributed by atoms with Crippen LogP contribution < -0.4 is 5.32 Å². The van der Waals surface area contributed by atoms with Gasteiger partial charge in [0.2, 0.25) is 5.91 Å². The van der Waals surface area contributed by atoms with E-state index in [-0.39, 0.29) is 18.1 Å². The number of aliphatic hydroxyl groups excluding tert-OH is 1. The van der Waals surface area contributed by atoms with Gasteiger partial charge in [0.1, 0.15) is 6.61 Å². The molecule has 0 saturated heterocycles. The summed E-state index contributed by atoms with van der Waals surface area (Å²) in [6.45, 7) is 0.270. The van der Waals surface area contributed by atoms with Gasteiger partial charge in [-0.25, -0.2) is 0 Å². The molecule has 1 aliphatic rings. The Kier molecular flexibility index (Phi) is 5.38. The van der Waals surface area contributed by atoms with Gasteiger partial charge in [-0.05, 0) is 30.9 Å². The molecule has 2 rings (SSSR count). The summed E-state index contributed by atoms with van der Waals surface area (Å²) in [6, 6.07) is 7.61. The summed E-state index contributed by atoms with van der Waals surface area (Å²) in [6.07, 6.45) is 3.44. The van der Waals surface area contributed by atoms with E-state index in [4.69, 9.17) is 9.84 Å². The largest absolute Gasteiger partial charge is 0.384 e. The lowest BCUT2D eigenvalue weighted by atomic mass is 9.77. The third-order valence-electron chi connectivity index (χ3n) is 3.98. The van der Waals surface area contributed by atoms with Crippen molar-refractivity contribution in [1.82, 2.24) is 5.32 Å². The fourth-order valence-corrected chi connectivity index (χ4v) is 2.50. The number of aliphatic hydroxyl groups is 1. The van der Waals surface area contributed by atoms with E-state index in [1.165, 1.54) is 0 Å². The van der Waals surface area contributed by atoms with E-state index in [1.807, 2.05) is 24.3 Å². The lowest BCUT2D eigenvalue weighted by Crippen LogP contribution is -2.43. The Hall–Kier alpha value is -1.83. The molecular weight excluding hydrogens is 266 g/mol. The summed E-state index contributed by atoms with van der Waals surface area (Å²) < 4.78 is 5.46. The monoisotopic (exact) mass is 287 g/mol. The zero-order valence-corrected chi connectivity index (χ0v) is 12.3. The molecule has 1 aromatic rings. The predicted molar refractivity (Wildman–Crippen MR) is 80.5 cm³/mol. The minimum absolute atomic E-state index is 0.00136. The second kappa shape index (κ2) is 7.26. The van der Waals surface area contributed by atoms with Gasteiger partial charge in [0.25, 0.3) is 0 Å². The quantitative estimate of drug-likeness (QED) is 0.809. The maximum atomic E-state index is 12.0. The maximum absolute atomic E-state index is 12.0. The Morgan fingerprint density at radius 3 is 2.81 bits per heavy atom. The third kappa shape index (κ3) is 4.07. The summed E-state index contributed by atoms with van der Waals surface area (Å²) in [7, 11) is 1.67. The number of rotatable bonds is 5. The van der Waals surface area contributed by atoms with Crippen LogP contribution in [0.1, 0.15) is 36.8 Å². The second-order valence-corrected chi connectivity index (χ2v) is 5.31. The normalized spacial score (nSPS) is 15.5. The number of hydrogen-bond donors (Lipinski definition) is 2. The van der Waals surface area contributed by atoms with Crippen LogP contribution in [0.3, 0.4) is 0 Å². The average molecular weight is 287 g/mol. The molecule has 0 heterocycles. The van der Waals surface area contributed by atoms with Crippen LogP contribution in [-0.2, 0) is 16.1 Å². The Morgan fingerprint density at radius 2 is 2.19 bits per heavy atom. The first-order valence-electron chi connectivity index (χ1n) is 7.18. The van der Waals surface area contributed by atoms with Crippen molar-refractivity contribution >= 4 is 5.91 Å². The van der Waals surface area contributed by atoms with Crippen LogP contribution >= 0.6 is 0 Å². The van der Waals surface area contributed by atoms with Gasteiger partial charge in [0, 0.05) is 19.2 Å². The third-order valence-corrected chi connectivity index (χ3v) is 3.98. The van der Waals surface area contributed by atoms with Gasteiger partial charge in [0.15, 0.2) is 0 Å². The van der Waals surface area contributed by atoms with E-state index >= 15 is 0 Å². The number of carbonyl (C=O) groups is 1. The van der Waals surface area contributed by atoms with Gasteiger partial charge >= 0.3 is 0 Å². The average Bonchev–Trinajstić information content (AvgIpc) is 2.47. The predicted octanol–water partition coefficient (Wildman–Crippen LogP) is 1.61. The van der Waals surface area contributed by atoms with Crippen LogP contribution in [0.15, 0.2) is 24.3 Å². The van der Waals surface area contributed by atoms with E-state index in [0.29, 0.717) is 13.0 Å². The number of carbonyl (C=O) groups excluding carboxylic acids is 1. The van der Waals surface area contributed by atoms with Crippen molar-refractivity contribution in [3.8, 4) is 11.8 Å². The van der Waals surface area contributed by atoms with Gasteiger partial charge in [-0.1, -0.05) is 30.0 Å². The lowest BCUT2D eigenvalue weighted by Gasteiger charge is -2.39. The number of benzene rings is 1. The van der Waals surface area contributed by atoms with Crippen molar-refractivity contribution in [1.29, 1.82) is 0 Å². The minimum atomic E-state index is -0.250. The van der Waals surface area contributed by atoms with E-state index in [1.54, 1.807) is 7.11 Å². The topological polar surface area (TPSA) is 58.6 Å². The van der Waals surface area contributed by atoms with E-state index in [2.05, 4.69) is 17.2 Å². The van der Waals surface area contributed by atoms with Crippen LogP contribution in [0.4, 0.5) is 0 Å². The smallest absolute Gasteiger partial charge is 0.223 e. The van der Waals surface area contributed by atoms with Crippen molar-refractivity contribution in [3.63, 3.8) is 0 Å². The second-order valence-electron chi connectivity index (χ2n) is 5.31. The van der Waals surface area contributed by atoms with Crippen molar-refractivity contribution in [2.24, 2.45) is 0 Å². The highest BCUT2D eigenvalue weighted by Gasteiger charge is 2.38. The van der Waals surface area contributed by atoms with Gasteiger partial charge in [-0.3, -0.25) is 4.79 Å². The molecule has 1 amide bonds. The first-order valence-corrected chi connectivity index (χ1v) is 7.18. The van der Waals surface area contributed by atoms with E-state index in [0.717, 1.165) is 30.4 Å². The molecule has 0 aromatic heterocycles. The molecule has 2 N–H and O–H groups in total. The SMILES string of the molecule is COC1(CC(=O)NCc2ccccc2C#CCO)CCC1. The highest BCUT2D eigenvalue weighted by atomic mass is 16.5. The van der Waals surface area contributed by atoms with Gasteiger partial charge in [-0.2, -0.15) is 0 Å². The minimum Gasteiger partial charge on any atom is -0.384 e. The number of nitrogens with one attached hydrogen (secondary N) is 1. The molecule has 4 nitrogen and oxygen atoms in total. The molecule has 112 valence electrons. The van der Waals surface area contributed by atoms with Crippen LogP contribution in [0.2, 0.25) is 0 Å². The van der Waals surface area contributed by atoms with Crippen LogP contribution in [0.25, 0.3) is 0 Å². The molecule has 0 bridgehead atoms. The molecule has 1 saturated carbocycles. The maximum Gasteiger partial charge on any atom is 0.223 e. The number of amides is 1.